The Morgan fingerprint density at radius 1 is 1.06 bits per heavy atom. The van der Waals surface area contributed by atoms with Gasteiger partial charge in [-0.15, -0.1) is 0 Å². The predicted octanol–water partition coefficient (Wildman–Crippen LogP) is 5.26. The van der Waals surface area contributed by atoms with E-state index in [9.17, 15) is 13.6 Å². The number of amides is 1. The van der Waals surface area contributed by atoms with E-state index in [0.717, 1.165) is 5.56 Å². The van der Waals surface area contributed by atoms with Gasteiger partial charge in [0.25, 0.3) is 5.91 Å². The van der Waals surface area contributed by atoms with Crippen molar-refractivity contribution in [3.8, 4) is 16.9 Å². The minimum absolute atomic E-state index is 0.0888. The lowest BCUT2D eigenvalue weighted by Crippen LogP contribution is -2.41. The molecule has 3 aromatic carbocycles. The third-order valence-electron chi connectivity index (χ3n) is 6.45. The van der Waals surface area contributed by atoms with E-state index in [4.69, 9.17) is 10.5 Å². The Morgan fingerprint density at radius 3 is 2.56 bits per heavy atom. The minimum Gasteiger partial charge on any atom is -0.494 e. The number of benzene rings is 3. The second kappa shape index (κ2) is 9.37. The number of aromatic nitrogens is 2. The van der Waals surface area contributed by atoms with Crippen LogP contribution in [0.15, 0.2) is 66.7 Å². The van der Waals surface area contributed by atoms with Gasteiger partial charge in [0, 0.05) is 13.0 Å². The van der Waals surface area contributed by atoms with Crippen LogP contribution in [0.4, 0.5) is 14.7 Å². The Balaban J connectivity index is 1.68. The molecule has 1 amide bonds. The van der Waals surface area contributed by atoms with Gasteiger partial charge in [0.05, 0.1) is 30.1 Å². The van der Waals surface area contributed by atoms with Gasteiger partial charge in [-0.3, -0.25) is 4.79 Å². The van der Waals surface area contributed by atoms with Crippen LogP contribution in [0.1, 0.15) is 38.9 Å². The molecule has 0 saturated carbocycles. The Bertz CT molecular complexity index is 1460. The normalized spacial score (nSPS) is 15.1. The minimum atomic E-state index is -0.562. The van der Waals surface area contributed by atoms with Gasteiger partial charge in [-0.25, -0.2) is 18.7 Å². The van der Waals surface area contributed by atoms with Gasteiger partial charge in [-0.2, -0.15) is 0 Å². The van der Waals surface area contributed by atoms with Crippen LogP contribution in [0, 0.1) is 18.6 Å². The molecule has 1 atom stereocenters. The number of carbonyl (C=O) groups is 1. The Hall–Kier alpha value is -4.33. The Morgan fingerprint density at radius 2 is 1.83 bits per heavy atom. The van der Waals surface area contributed by atoms with Gasteiger partial charge in [0.1, 0.15) is 5.82 Å². The number of methoxy groups -OCH3 is 1. The number of ether oxygens (including phenoxy) is 1. The number of aryl methyl sites for hydroxylation is 1. The van der Waals surface area contributed by atoms with Crippen LogP contribution in [0.25, 0.3) is 11.1 Å². The maximum atomic E-state index is 14.6. The monoisotopic (exact) mass is 486 g/mol. The lowest BCUT2D eigenvalue weighted by Gasteiger charge is -2.38. The fourth-order valence-corrected chi connectivity index (χ4v) is 4.80. The lowest BCUT2D eigenvalue weighted by atomic mass is 9.87. The molecule has 0 spiro atoms. The zero-order valence-electron chi connectivity index (χ0n) is 19.8. The van der Waals surface area contributed by atoms with Gasteiger partial charge in [0.2, 0.25) is 5.95 Å². The summed E-state index contributed by atoms with van der Waals surface area (Å²) in [5.74, 6) is -1.09. The van der Waals surface area contributed by atoms with E-state index < -0.39 is 17.7 Å². The third-order valence-corrected chi connectivity index (χ3v) is 6.45. The van der Waals surface area contributed by atoms with Crippen molar-refractivity contribution in [2.24, 2.45) is 0 Å². The lowest BCUT2D eigenvalue weighted by molar-refractivity contribution is 0.0625. The number of halogens is 2. The maximum Gasteiger partial charge on any atom is 0.258 e. The first kappa shape index (κ1) is 23.4. The van der Waals surface area contributed by atoms with Gasteiger partial charge >= 0.3 is 0 Å². The van der Waals surface area contributed by atoms with E-state index in [1.54, 1.807) is 24.0 Å². The topological polar surface area (TPSA) is 81.3 Å². The first-order valence-electron chi connectivity index (χ1n) is 11.5. The number of hydrogen-bond acceptors (Lipinski definition) is 5. The van der Waals surface area contributed by atoms with Crippen LogP contribution in [-0.2, 0) is 13.0 Å². The van der Waals surface area contributed by atoms with E-state index in [1.165, 1.54) is 31.4 Å². The molecule has 4 aromatic rings. The highest BCUT2D eigenvalue weighted by Crippen LogP contribution is 2.40. The molecule has 2 heterocycles. The third kappa shape index (κ3) is 4.26. The summed E-state index contributed by atoms with van der Waals surface area (Å²) in [7, 11) is 1.38. The fraction of sp³-hybridized carbons (Fsp3) is 0.179. The summed E-state index contributed by atoms with van der Waals surface area (Å²) in [4.78, 5) is 24.1. The van der Waals surface area contributed by atoms with Crippen molar-refractivity contribution in [1.82, 2.24) is 14.9 Å². The second-order valence-electron chi connectivity index (χ2n) is 8.71. The van der Waals surface area contributed by atoms with Crippen LogP contribution >= 0.6 is 0 Å². The zero-order valence-corrected chi connectivity index (χ0v) is 19.8. The molecule has 2 N–H and O–H groups in total. The molecule has 36 heavy (non-hydrogen) atoms. The number of nitrogens with two attached hydrogens (primary N) is 1. The highest BCUT2D eigenvalue weighted by Gasteiger charge is 2.37. The van der Waals surface area contributed by atoms with E-state index in [-0.39, 0.29) is 17.6 Å². The molecule has 1 aliphatic rings. The van der Waals surface area contributed by atoms with Crippen molar-refractivity contribution in [1.29, 1.82) is 0 Å². The molecule has 5 rings (SSSR count). The molecule has 1 unspecified atom stereocenters. The van der Waals surface area contributed by atoms with Crippen LogP contribution in [0.5, 0.6) is 5.75 Å². The highest BCUT2D eigenvalue weighted by molar-refractivity contribution is 5.98. The highest BCUT2D eigenvalue weighted by atomic mass is 19.1. The largest absolute Gasteiger partial charge is 0.494 e. The molecule has 6 nitrogen and oxygen atoms in total. The summed E-state index contributed by atoms with van der Waals surface area (Å²) < 4.78 is 34.1. The number of hydrogen-bond donors (Lipinski definition) is 1. The molecule has 0 bridgehead atoms. The molecule has 0 fully saturated rings. The fourth-order valence-electron chi connectivity index (χ4n) is 4.80. The summed E-state index contributed by atoms with van der Waals surface area (Å²) >= 11 is 0. The molecule has 1 aliphatic heterocycles. The predicted molar refractivity (Wildman–Crippen MR) is 132 cm³/mol. The SMILES string of the molecule is COc1ccc(-c2cc(F)ccc2C2Cc3nc(N)nc(C)c3C(=O)N2Cc2ccccc2)cc1F. The van der Waals surface area contributed by atoms with Gasteiger partial charge in [-0.1, -0.05) is 42.5 Å². The van der Waals surface area contributed by atoms with Crippen LogP contribution < -0.4 is 10.5 Å². The standard InChI is InChI=1S/C28H24F2N4O2/c1-16-26-23(33-28(31)32-16)14-24(34(27(26)35)15-17-6-4-3-5-7-17)20-10-9-19(29)13-21(20)18-8-11-25(36-2)22(30)12-18/h3-13,24H,14-15H2,1-2H3,(H2,31,32,33). The molecular formula is C28H24F2N4O2. The first-order valence-corrected chi connectivity index (χ1v) is 11.5. The summed E-state index contributed by atoms with van der Waals surface area (Å²) in [5.41, 5.74) is 9.94. The van der Waals surface area contributed by atoms with Crippen molar-refractivity contribution in [2.75, 3.05) is 12.8 Å². The van der Waals surface area contributed by atoms with E-state index >= 15 is 0 Å². The summed E-state index contributed by atoms with van der Waals surface area (Å²) in [6, 6.07) is 17.9. The van der Waals surface area contributed by atoms with Crippen LogP contribution in [0.3, 0.4) is 0 Å². The molecule has 0 aliphatic carbocycles. The first-order chi connectivity index (χ1) is 17.4. The molecule has 0 radical (unpaired) electrons. The number of fused-ring (bicyclic) bond motifs is 1. The average Bonchev–Trinajstić information content (AvgIpc) is 2.86. The molecule has 182 valence electrons. The van der Waals surface area contributed by atoms with Crippen molar-refractivity contribution in [3.63, 3.8) is 0 Å². The summed E-state index contributed by atoms with van der Waals surface area (Å²) in [6.07, 6.45) is 0.346. The van der Waals surface area contributed by atoms with Crippen molar-refractivity contribution >= 4 is 11.9 Å². The smallest absolute Gasteiger partial charge is 0.258 e. The van der Waals surface area contributed by atoms with Crippen LogP contribution in [-0.4, -0.2) is 27.9 Å². The summed E-state index contributed by atoms with van der Waals surface area (Å²) in [6.45, 7) is 2.06. The quantitative estimate of drug-likeness (QED) is 0.416. The molecule has 1 aromatic heterocycles. The van der Waals surface area contributed by atoms with Crippen molar-refractivity contribution in [3.05, 3.63) is 106 Å². The number of rotatable bonds is 5. The van der Waals surface area contributed by atoms with E-state index in [2.05, 4.69) is 9.97 Å². The van der Waals surface area contributed by atoms with E-state index in [1.807, 2.05) is 30.3 Å². The second-order valence-corrected chi connectivity index (χ2v) is 8.71. The van der Waals surface area contributed by atoms with Gasteiger partial charge in [-0.05, 0) is 53.4 Å². The number of nitrogens with zero attached hydrogens (tertiary/aromatic N) is 3. The maximum absolute atomic E-state index is 14.6. The van der Waals surface area contributed by atoms with Gasteiger partial charge in [0.15, 0.2) is 11.6 Å². The average molecular weight is 487 g/mol. The number of carbonyl (C=O) groups excluding carboxylic acids is 1. The number of anilines is 1. The number of nitrogen functional groups attached to an aromatic ring is 1. The Kier molecular flexibility index (Phi) is 6.10. The summed E-state index contributed by atoms with van der Waals surface area (Å²) in [5, 5.41) is 0. The van der Waals surface area contributed by atoms with Crippen molar-refractivity contribution < 1.29 is 18.3 Å². The van der Waals surface area contributed by atoms with Crippen LogP contribution in [0.2, 0.25) is 0 Å². The van der Waals surface area contributed by atoms with E-state index in [0.29, 0.717) is 46.6 Å². The Labute approximate surface area is 207 Å². The molecular weight excluding hydrogens is 462 g/mol. The zero-order chi connectivity index (χ0) is 25.4. The van der Waals surface area contributed by atoms with Crippen molar-refractivity contribution in [2.45, 2.75) is 25.9 Å². The molecule has 0 saturated heterocycles. The molecule has 8 heteroatoms. The van der Waals surface area contributed by atoms with Gasteiger partial charge < -0.3 is 15.4 Å².